The molecule has 0 spiro atoms. The molecule has 3 nitrogen and oxygen atoms in total. The zero-order valence-electron chi connectivity index (χ0n) is 13.4. The van der Waals surface area contributed by atoms with Crippen molar-refractivity contribution in [1.29, 1.82) is 0 Å². The Morgan fingerprint density at radius 2 is 2.08 bits per heavy atom. The van der Waals surface area contributed by atoms with Gasteiger partial charge in [0.1, 0.15) is 0 Å². The van der Waals surface area contributed by atoms with Crippen molar-refractivity contribution < 1.29 is 4.79 Å². The summed E-state index contributed by atoms with van der Waals surface area (Å²) in [5, 5.41) is 8.78. The Bertz CT molecular complexity index is 873. The Morgan fingerprint density at radius 3 is 2.79 bits per heavy atom. The lowest BCUT2D eigenvalue weighted by molar-refractivity contribution is -0.119. The SMILES string of the molecule is Cc1nc(C(C)NC(=O)CSc2cccc3cccc(Cl)c23)cs1. The van der Waals surface area contributed by atoms with Crippen molar-refractivity contribution in [2.45, 2.75) is 24.8 Å². The molecule has 6 heteroatoms. The molecule has 24 heavy (non-hydrogen) atoms. The summed E-state index contributed by atoms with van der Waals surface area (Å²) in [6.07, 6.45) is 0. The van der Waals surface area contributed by atoms with Gasteiger partial charge in [0.15, 0.2) is 0 Å². The second-order valence-electron chi connectivity index (χ2n) is 5.46. The van der Waals surface area contributed by atoms with Crippen molar-refractivity contribution in [2.75, 3.05) is 5.75 Å². The third-order valence-corrected chi connectivity index (χ3v) is 5.80. The molecule has 124 valence electrons. The van der Waals surface area contributed by atoms with Crippen molar-refractivity contribution >= 4 is 51.4 Å². The number of hydrogen-bond donors (Lipinski definition) is 1. The van der Waals surface area contributed by atoms with Crippen LogP contribution in [0.5, 0.6) is 0 Å². The van der Waals surface area contributed by atoms with E-state index in [1.165, 1.54) is 11.8 Å². The molecule has 3 rings (SSSR count). The first-order valence-corrected chi connectivity index (χ1v) is 9.80. The smallest absolute Gasteiger partial charge is 0.230 e. The number of amides is 1. The molecule has 0 saturated carbocycles. The highest BCUT2D eigenvalue weighted by Gasteiger charge is 2.13. The van der Waals surface area contributed by atoms with Crippen molar-refractivity contribution in [3.8, 4) is 0 Å². The third kappa shape index (κ3) is 3.91. The van der Waals surface area contributed by atoms with Gasteiger partial charge in [0.05, 0.1) is 22.5 Å². The van der Waals surface area contributed by atoms with Crippen LogP contribution in [-0.2, 0) is 4.79 Å². The maximum Gasteiger partial charge on any atom is 0.230 e. The molecule has 0 aliphatic rings. The zero-order valence-corrected chi connectivity index (χ0v) is 15.8. The van der Waals surface area contributed by atoms with Gasteiger partial charge in [-0.3, -0.25) is 4.79 Å². The van der Waals surface area contributed by atoms with Crippen LogP contribution in [0.15, 0.2) is 46.7 Å². The molecular formula is C18H17ClN2OS2. The normalized spacial score (nSPS) is 12.3. The first-order valence-electron chi connectivity index (χ1n) is 7.56. The molecule has 0 aliphatic heterocycles. The molecule has 1 atom stereocenters. The summed E-state index contributed by atoms with van der Waals surface area (Å²) in [5.41, 5.74) is 0.907. The average molecular weight is 377 g/mol. The molecule has 0 bridgehead atoms. The minimum atomic E-state index is -0.0841. The molecule has 3 aromatic rings. The minimum Gasteiger partial charge on any atom is -0.347 e. The van der Waals surface area contributed by atoms with Crippen LogP contribution in [-0.4, -0.2) is 16.6 Å². The number of halogens is 1. The van der Waals surface area contributed by atoms with Crippen LogP contribution in [0.1, 0.15) is 23.7 Å². The number of nitrogens with zero attached hydrogens (tertiary/aromatic N) is 1. The Kier molecular flexibility index (Phi) is 5.43. The van der Waals surface area contributed by atoms with E-state index >= 15 is 0 Å². The standard InChI is InChI=1S/C18H17ClN2OS2/c1-11(15-9-23-12(2)21-15)20-17(22)10-24-16-8-4-6-13-5-3-7-14(19)18(13)16/h3-9,11H,10H2,1-2H3,(H,20,22). The van der Waals surface area contributed by atoms with E-state index < -0.39 is 0 Å². The summed E-state index contributed by atoms with van der Waals surface area (Å²) in [6, 6.07) is 11.8. The number of carbonyl (C=O) groups is 1. The summed E-state index contributed by atoms with van der Waals surface area (Å²) in [6.45, 7) is 3.91. The number of fused-ring (bicyclic) bond motifs is 1. The molecule has 0 radical (unpaired) electrons. The highest BCUT2D eigenvalue weighted by atomic mass is 35.5. The number of aryl methyl sites for hydroxylation is 1. The molecule has 1 heterocycles. The van der Waals surface area contributed by atoms with E-state index in [0.717, 1.165) is 26.4 Å². The number of thioether (sulfide) groups is 1. The molecule has 2 aromatic carbocycles. The van der Waals surface area contributed by atoms with E-state index in [4.69, 9.17) is 11.6 Å². The van der Waals surface area contributed by atoms with E-state index in [-0.39, 0.29) is 11.9 Å². The number of rotatable bonds is 5. The van der Waals surface area contributed by atoms with Crippen LogP contribution >= 0.6 is 34.7 Å². The zero-order chi connectivity index (χ0) is 17.1. The van der Waals surface area contributed by atoms with Gasteiger partial charge in [-0.25, -0.2) is 4.98 Å². The topological polar surface area (TPSA) is 42.0 Å². The van der Waals surface area contributed by atoms with E-state index in [1.54, 1.807) is 11.3 Å². The number of benzene rings is 2. The molecule has 1 aromatic heterocycles. The van der Waals surface area contributed by atoms with Gasteiger partial charge in [-0.15, -0.1) is 23.1 Å². The Labute approximate surface area is 154 Å². The van der Waals surface area contributed by atoms with E-state index in [1.807, 2.05) is 55.6 Å². The molecule has 1 unspecified atom stereocenters. The van der Waals surface area contributed by atoms with Gasteiger partial charge >= 0.3 is 0 Å². The fourth-order valence-corrected chi connectivity index (χ4v) is 4.42. The Morgan fingerprint density at radius 1 is 1.33 bits per heavy atom. The number of thiazole rings is 1. The van der Waals surface area contributed by atoms with E-state index in [9.17, 15) is 4.79 Å². The van der Waals surface area contributed by atoms with Gasteiger partial charge in [0.25, 0.3) is 0 Å². The molecule has 1 N–H and O–H groups in total. The van der Waals surface area contributed by atoms with Crippen LogP contribution in [0.2, 0.25) is 5.02 Å². The lowest BCUT2D eigenvalue weighted by Crippen LogP contribution is -2.28. The fraction of sp³-hybridized carbons (Fsp3) is 0.222. The summed E-state index contributed by atoms with van der Waals surface area (Å²) in [5.74, 6) is 0.333. The van der Waals surface area contributed by atoms with Crippen molar-refractivity contribution in [3.63, 3.8) is 0 Å². The second kappa shape index (κ2) is 7.55. The number of carbonyl (C=O) groups excluding carboxylic acids is 1. The van der Waals surface area contributed by atoms with Gasteiger partial charge in [0, 0.05) is 20.7 Å². The number of hydrogen-bond acceptors (Lipinski definition) is 4. The number of aromatic nitrogens is 1. The highest BCUT2D eigenvalue weighted by Crippen LogP contribution is 2.33. The molecule has 1 amide bonds. The van der Waals surface area contributed by atoms with Crippen LogP contribution in [0.3, 0.4) is 0 Å². The molecule has 0 fully saturated rings. The quantitative estimate of drug-likeness (QED) is 0.620. The lowest BCUT2D eigenvalue weighted by atomic mass is 10.1. The Balaban J connectivity index is 1.66. The molecular weight excluding hydrogens is 360 g/mol. The van der Waals surface area contributed by atoms with Gasteiger partial charge in [0.2, 0.25) is 5.91 Å². The summed E-state index contributed by atoms with van der Waals surface area (Å²) in [7, 11) is 0. The summed E-state index contributed by atoms with van der Waals surface area (Å²) >= 11 is 9.41. The largest absolute Gasteiger partial charge is 0.347 e. The first-order chi connectivity index (χ1) is 11.5. The maximum atomic E-state index is 12.2. The van der Waals surface area contributed by atoms with Crippen molar-refractivity contribution in [3.05, 3.63) is 57.5 Å². The van der Waals surface area contributed by atoms with Gasteiger partial charge in [-0.05, 0) is 31.4 Å². The van der Waals surface area contributed by atoms with Crippen molar-refractivity contribution in [1.82, 2.24) is 10.3 Å². The lowest BCUT2D eigenvalue weighted by Gasteiger charge is -2.12. The minimum absolute atomic E-state index is 0.0118. The summed E-state index contributed by atoms with van der Waals surface area (Å²) < 4.78 is 0. The predicted octanol–water partition coefficient (Wildman–Crippen LogP) is 5.23. The maximum absolute atomic E-state index is 12.2. The third-order valence-electron chi connectivity index (χ3n) is 3.63. The van der Waals surface area contributed by atoms with Crippen LogP contribution in [0.25, 0.3) is 10.8 Å². The number of nitrogens with one attached hydrogen (secondary N) is 1. The van der Waals surface area contributed by atoms with Crippen LogP contribution < -0.4 is 5.32 Å². The van der Waals surface area contributed by atoms with E-state index in [0.29, 0.717) is 10.8 Å². The summed E-state index contributed by atoms with van der Waals surface area (Å²) in [4.78, 5) is 17.7. The highest BCUT2D eigenvalue weighted by molar-refractivity contribution is 8.00. The van der Waals surface area contributed by atoms with Crippen LogP contribution in [0, 0.1) is 6.92 Å². The fourth-order valence-electron chi connectivity index (χ4n) is 2.46. The van der Waals surface area contributed by atoms with Gasteiger partial charge in [-0.1, -0.05) is 35.9 Å². The second-order valence-corrected chi connectivity index (χ2v) is 7.95. The predicted molar refractivity (Wildman–Crippen MR) is 103 cm³/mol. The molecule has 0 saturated heterocycles. The van der Waals surface area contributed by atoms with E-state index in [2.05, 4.69) is 10.3 Å². The van der Waals surface area contributed by atoms with Crippen LogP contribution in [0.4, 0.5) is 0 Å². The van der Waals surface area contributed by atoms with Gasteiger partial charge < -0.3 is 5.32 Å². The van der Waals surface area contributed by atoms with Crippen molar-refractivity contribution in [2.24, 2.45) is 0 Å². The monoisotopic (exact) mass is 376 g/mol. The average Bonchev–Trinajstić information content (AvgIpc) is 3.00. The molecule has 0 aliphatic carbocycles. The Hall–Kier alpha value is -1.56. The van der Waals surface area contributed by atoms with Gasteiger partial charge in [-0.2, -0.15) is 0 Å². The first kappa shape index (κ1) is 17.3.